The van der Waals surface area contributed by atoms with Crippen molar-refractivity contribution < 1.29 is 18.9 Å². The van der Waals surface area contributed by atoms with Crippen LogP contribution in [0, 0.1) is 11.8 Å². The maximum Gasteiger partial charge on any atom is 0.119 e. The van der Waals surface area contributed by atoms with Gasteiger partial charge in [-0.3, -0.25) is 0 Å². The first-order valence-electron chi connectivity index (χ1n) is 7.90. The van der Waals surface area contributed by atoms with Crippen LogP contribution in [0.4, 0.5) is 0 Å². The van der Waals surface area contributed by atoms with E-state index in [0.717, 1.165) is 17.9 Å². The van der Waals surface area contributed by atoms with Gasteiger partial charge in [0, 0.05) is 12.1 Å². The summed E-state index contributed by atoms with van der Waals surface area (Å²) in [6.45, 7) is 6.79. The minimum absolute atomic E-state index is 0.520. The second kappa shape index (κ2) is 14.0. The monoisotopic (exact) mass is 321 g/mol. The van der Waals surface area contributed by atoms with Crippen LogP contribution in [0.2, 0.25) is 0 Å². The lowest BCUT2D eigenvalue weighted by Crippen LogP contribution is -2.17. The van der Waals surface area contributed by atoms with Gasteiger partial charge in [0.1, 0.15) is 12.4 Å². The Morgan fingerprint density at radius 1 is 0.826 bits per heavy atom. The molecule has 0 saturated heterocycles. The summed E-state index contributed by atoms with van der Waals surface area (Å²) in [5, 5.41) is 3.01. The van der Waals surface area contributed by atoms with Gasteiger partial charge < -0.3 is 24.3 Å². The zero-order valence-electron chi connectivity index (χ0n) is 14.1. The Kier molecular flexibility index (Phi) is 11.9. The fourth-order valence-corrected chi connectivity index (χ4v) is 1.71. The second-order valence-corrected chi connectivity index (χ2v) is 4.69. The van der Waals surface area contributed by atoms with Crippen LogP contribution in [0.25, 0.3) is 0 Å². The average molecular weight is 321 g/mol. The molecule has 0 unspecified atom stereocenters. The first kappa shape index (κ1) is 19.5. The van der Waals surface area contributed by atoms with Crippen molar-refractivity contribution in [3.8, 4) is 17.6 Å². The molecule has 1 aromatic rings. The van der Waals surface area contributed by atoms with Crippen molar-refractivity contribution in [3.05, 3.63) is 29.8 Å². The SMILES string of the molecule is CC#Cc1ccc(OCCOCCOCCOCCNC)cc1. The van der Waals surface area contributed by atoms with Gasteiger partial charge in [0.05, 0.1) is 39.6 Å². The van der Waals surface area contributed by atoms with Gasteiger partial charge in [-0.05, 0) is 38.2 Å². The highest BCUT2D eigenvalue weighted by Gasteiger charge is 1.95. The lowest BCUT2D eigenvalue weighted by Gasteiger charge is -2.08. The molecule has 23 heavy (non-hydrogen) atoms. The van der Waals surface area contributed by atoms with Gasteiger partial charge in [-0.25, -0.2) is 0 Å². The number of rotatable bonds is 13. The molecule has 1 rings (SSSR count). The van der Waals surface area contributed by atoms with Crippen LogP contribution in [0.15, 0.2) is 24.3 Å². The molecule has 0 aliphatic heterocycles. The maximum absolute atomic E-state index is 5.58. The second-order valence-electron chi connectivity index (χ2n) is 4.69. The molecule has 1 aromatic carbocycles. The summed E-state index contributed by atoms with van der Waals surface area (Å²) in [7, 11) is 1.90. The Morgan fingerprint density at radius 2 is 1.39 bits per heavy atom. The van der Waals surface area contributed by atoms with Crippen molar-refractivity contribution in [1.29, 1.82) is 0 Å². The number of nitrogens with one attached hydrogen (secondary N) is 1. The van der Waals surface area contributed by atoms with Crippen LogP contribution in [0.1, 0.15) is 12.5 Å². The van der Waals surface area contributed by atoms with Gasteiger partial charge in [0.2, 0.25) is 0 Å². The maximum atomic E-state index is 5.58. The summed E-state index contributed by atoms with van der Waals surface area (Å²) < 4.78 is 21.7. The standard InChI is InChI=1S/C18H27NO4/c1-3-4-17-5-7-18(8-6-17)23-16-15-22-14-13-21-12-11-20-10-9-19-2/h5-8,19H,9-16H2,1-2H3. The molecular weight excluding hydrogens is 294 g/mol. The fraction of sp³-hybridized carbons (Fsp3) is 0.556. The van der Waals surface area contributed by atoms with Gasteiger partial charge in [-0.2, -0.15) is 0 Å². The summed E-state index contributed by atoms with van der Waals surface area (Å²) in [6.07, 6.45) is 0. The van der Waals surface area contributed by atoms with E-state index < -0.39 is 0 Å². The molecule has 0 atom stereocenters. The first-order chi connectivity index (χ1) is 11.4. The number of likely N-dealkylation sites (N-methyl/N-ethyl adjacent to an activating group) is 1. The molecule has 0 aromatic heterocycles. The van der Waals surface area contributed by atoms with E-state index in [4.69, 9.17) is 18.9 Å². The fourth-order valence-electron chi connectivity index (χ4n) is 1.71. The zero-order chi connectivity index (χ0) is 16.6. The van der Waals surface area contributed by atoms with E-state index in [2.05, 4.69) is 17.2 Å². The van der Waals surface area contributed by atoms with E-state index in [9.17, 15) is 0 Å². The number of benzene rings is 1. The van der Waals surface area contributed by atoms with E-state index >= 15 is 0 Å². The molecule has 0 amide bonds. The van der Waals surface area contributed by atoms with Crippen molar-refractivity contribution in [1.82, 2.24) is 5.32 Å². The minimum Gasteiger partial charge on any atom is -0.491 e. The first-order valence-corrected chi connectivity index (χ1v) is 7.90. The third-order valence-corrected chi connectivity index (χ3v) is 2.86. The van der Waals surface area contributed by atoms with Crippen LogP contribution in [-0.4, -0.2) is 59.8 Å². The van der Waals surface area contributed by atoms with Crippen LogP contribution in [0.5, 0.6) is 5.75 Å². The van der Waals surface area contributed by atoms with Crippen LogP contribution < -0.4 is 10.1 Å². The Hall–Kier alpha value is -1.58. The molecule has 0 aliphatic carbocycles. The van der Waals surface area contributed by atoms with Crippen LogP contribution in [0.3, 0.4) is 0 Å². The highest BCUT2D eigenvalue weighted by Crippen LogP contribution is 2.11. The average Bonchev–Trinajstić information content (AvgIpc) is 2.57. The van der Waals surface area contributed by atoms with Crippen molar-refractivity contribution >= 4 is 0 Å². The Bertz CT molecular complexity index is 450. The van der Waals surface area contributed by atoms with E-state index in [1.165, 1.54) is 0 Å². The van der Waals surface area contributed by atoms with Crippen molar-refractivity contribution in [2.24, 2.45) is 0 Å². The van der Waals surface area contributed by atoms with Crippen LogP contribution in [-0.2, 0) is 14.2 Å². The van der Waals surface area contributed by atoms with Crippen LogP contribution >= 0.6 is 0 Å². The van der Waals surface area contributed by atoms with Gasteiger partial charge in [0.15, 0.2) is 0 Å². The van der Waals surface area contributed by atoms with Gasteiger partial charge in [0.25, 0.3) is 0 Å². The number of hydrogen-bond acceptors (Lipinski definition) is 5. The molecule has 5 heteroatoms. The quantitative estimate of drug-likeness (QED) is 0.443. The smallest absolute Gasteiger partial charge is 0.119 e. The molecule has 1 N–H and O–H groups in total. The third-order valence-electron chi connectivity index (χ3n) is 2.86. The zero-order valence-corrected chi connectivity index (χ0v) is 14.1. The van der Waals surface area contributed by atoms with Crippen molar-refractivity contribution in [2.45, 2.75) is 6.92 Å². The third kappa shape index (κ3) is 10.7. The van der Waals surface area contributed by atoms with Crippen molar-refractivity contribution in [2.75, 3.05) is 59.8 Å². The molecule has 0 bridgehead atoms. The van der Waals surface area contributed by atoms with Gasteiger partial charge in [-0.15, -0.1) is 5.92 Å². The Labute approximate surface area is 139 Å². The lowest BCUT2D eigenvalue weighted by atomic mass is 10.2. The molecule has 0 aliphatic rings. The molecule has 5 nitrogen and oxygen atoms in total. The topological polar surface area (TPSA) is 49.0 Å². The lowest BCUT2D eigenvalue weighted by molar-refractivity contribution is 0.0100. The van der Waals surface area contributed by atoms with E-state index in [-0.39, 0.29) is 0 Å². The molecule has 0 radical (unpaired) electrons. The molecule has 0 saturated carbocycles. The number of hydrogen-bond donors (Lipinski definition) is 1. The molecule has 0 spiro atoms. The Morgan fingerprint density at radius 3 is 1.96 bits per heavy atom. The van der Waals surface area contributed by atoms with Crippen molar-refractivity contribution in [3.63, 3.8) is 0 Å². The molecule has 0 heterocycles. The highest BCUT2D eigenvalue weighted by molar-refractivity contribution is 5.37. The largest absolute Gasteiger partial charge is 0.491 e. The van der Waals surface area contributed by atoms with E-state index in [0.29, 0.717) is 46.2 Å². The number of ether oxygens (including phenoxy) is 4. The predicted octanol–water partition coefficient (Wildman–Crippen LogP) is 1.71. The molecule has 0 fully saturated rings. The highest BCUT2D eigenvalue weighted by atomic mass is 16.6. The summed E-state index contributed by atoms with van der Waals surface area (Å²) in [4.78, 5) is 0. The minimum atomic E-state index is 0.520. The van der Waals surface area contributed by atoms with Gasteiger partial charge in [-0.1, -0.05) is 5.92 Å². The Balaban J connectivity index is 1.90. The van der Waals surface area contributed by atoms with Gasteiger partial charge >= 0.3 is 0 Å². The summed E-state index contributed by atoms with van der Waals surface area (Å²) in [6, 6.07) is 7.71. The predicted molar refractivity (Wildman–Crippen MR) is 90.9 cm³/mol. The van der Waals surface area contributed by atoms with E-state index in [1.54, 1.807) is 0 Å². The molecular formula is C18H27NO4. The normalized spacial score (nSPS) is 10.2. The summed E-state index contributed by atoms with van der Waals surface area (Å²) in [5.74, 6) is 6.68. The summed E-state index contributed by atoms with van der Waals surface area (Å²) >= 11 is 0. The van der Waals surface area contributed by atoms with E-state index in [1.807, 2.05) is 38.2 Å². The summed E-state index contributed by atoms with van der Waals surface area (Å²) in [5.41, 5.74) is 0.989. The molecule has 128 valence electrons.